The van der Waals surface area contributed by atoms with Gasteiger partial charge in [-0.1, -0.05) is 45.7 Å². The molecule has 0 aromatic rings. The zero-order valence-electron chi connectivity index (χ0n) is 8.98. The van der Waals surface area contributed by atoms with Gasteiger partial charge in [0.25, 0.3) is 0 Å². The Hall–Kier alpha value is 0.430. The molecular formula is C11H15Br2O2-. The fourth-order valence-corrected chi connectivity index (χ4v) is 5.71. The van der Waals surface area contributed by atoms with E-state index in [0.29, 0.717) is 11.2 Å². The average molecular weight is 339 g/mol. The Kier molecular flexibility index (Phi) is 2.56. The molecule has 4 heteroatoms. The normalized spacial score (nSPS) is 47.1. The summed E-state index contributed by atoms with van der Waals surface area (Å²) < 4.78 is -0.366. The van der Waals surface area contributed by atoms with Gasteiger partial charge < -0.3 is 9.90 Å². The number of carboxylic acids is 1. The van der Waals surface area contributed by atoms with Gasteiger partial charge in [-0.15, -0.1) is 0 Å². The highest BCUT2D eigenvalue weighted by atomic mass is 79.9. The molecule has 0 aromatic heterocycles. The van der Waals surface area contributed by atoms with Crippen LogP contribution in [0.1, 0.15) is 33.1 Å². The second kappa shape index (κ2) is 3.22. The van der Waals surface area contributed by atoms with Crippen LogP contribution in [0.5, 0.6) is 0 Å². The van der Waals surface area contributed by atoms with Crippen molar-refractivity contribution in [2.45, 2.75) is 37.4 Å². The molecule has 2 saturated carbocycles. The van der Waals surface area contributed by atoms with Crippen LogP contribution in [0.15, 0.2) is 0 Å². The van der Waals surface area contributed by atoms with Crippen LogP contribution in [0.25, 0.3) is 0 Å². The van der Waals surface area contributed by atoms with Gasteiger partial charge >= 0.3 is 0 Å². The van der Waals surface area contributed by atoms with E-state index in [4.69, 9.17) is 0 Å². The lowest BCUT2D eigenvalue weighted by molar-refractivity contribution is -0.320. The molecule has 2 bridgehead atoms. The summed E-state index contributed by atoms with van der Waals surface area (Å²) >= 11 is 7.19. The second-order valence-corrected chi connectivity index (χ2v) is 7.38. The van der Waals surface area contributed by atoms with Gasteiger partial charge in [-0.05, 0) is 30.6 Å². The Morgan fingerprint density at radius 1 is 1.53 bits per heavy atom. The summed E-state index contributed by atoms with van der Waals surface area (Å²) in [6, 6.07) is 0. The number of carbonyl (C=O) groups is 1. The second-order valence-electron chi connectivity index (χ2n) is 5.47. The first-order chi connectivity index (χ1) is 6.82. The van der Waals surface area contributed by atoms with Crippen LogP contribution < -0.4 is 5.11 Å². The molecule has 2 fully saturated rings. The SMILES string of the molecule is CC1(C)[C@@H]2CC[C@@](C(=O)[O-])(C2)[C@@]1(Br)CBr. The summed E-state index contributed by atoms with van der Waals surface area (Å²) in [6.45, 7) is 4.33. The lowest BCUT2D eigenvalue weighted by Crippen LogP contribution is -2.58. The minimum absolute atomic E-state index is 0.00875. The molecule has 0 heterocycles. The Morgan fingerprint density at radius 2 is 2.13 bits per heavy atom. The summed E-state index contributed by atoms with van der Waals surface area (Å²) in [5.74, 6) is -0.390. The number of carboxylic acid groups (broad SMARTS) is 1. The number of hydrogen-bond donors (Lipinski definition) is 0. The molecule has 0 aliphatic heterocycles. The van der Waals surface area contributed by atoms with Crippen molar-refractivity contribution in [3.8, 4) is 0 Å². The zero-order chi connectivity index (χ0) is 11.5. The Bertz CT molecular complexity index is 316. The zero-order valence-corrected chi connectivity index (χ0v) is 12.2. The van der Waals surface area contributed by atoms with Crippen molar-refractivity contribution >= 4 is 37.8 Å². The molecule has 2 aliphatic rings. The highest BCUT2D eigenvalue weighted by molar-refractivity contribution is 9.12. The molecule has 86 valence electrons. The van der Waals surface area contributed by atoms with Crippen molar-refractivity contribution in [2.24, 2.45) is 16.7 Å². The van der Waals surface area contributed by atoms with E-state index in [-0.39, 0.29) is 9.74 Å². The Morgan fingerprint density at radius 3 is 2.53 bits per heavy atom. The Labute approximate surface area is 107 Å². The minimum atomic E-state index is -0.883. The lowest BCUT2D eigenvalue weighted by atomic mass is 9.64. The number of aliphatic carboxylic acids is 1. The van der Waals surface area contributed by atoms with E-state index in [1.54, 1.807) is 0 Å². The topological polar surface area (TPSA) is 40.1 Å². The number of fused-ring (bicyclic) bond motifs is 2. The number of rotatable bonds is 2. The number of halogens is 2. The number of carbonyl (C=O) groups excluding carboxylic acids is 1. The van der Waals surface area contributed by atoms with Crippen LogP contribution in [-0.2, 0) is 4.79 Å². The standard InChI is InChI=1S/C11H16Br2O2/c1-9(2)7-3-4-10(5-7,8(14)15)11(9,13)6-12/h7H,3-6H2,1-2H3,(H,14,15)/p-1/t7-,10+,11-/m1/s1. The quantitative estimate of drug-likeness (QED) is 0.723. The van der Waals surface area contributed by atoms with Gasteiger partial charge in [0.15, 0.2) is 0 Å². The van der Waals surface area contributed by atoms with Gasteiger partial charge in [-0.25, -0.2) is 0 Å². The maximum absolute atomic E-state index is 11.5. The van der Waals surface area contributed by atoms with Gasteiger partial charge in [0, 0.05) is 16.7 Å². The lowest BCUT2D eigenvalue weighted by Gasteiger charge is -2.51. The highest BCUT2D eigenvalue weighted by Gasteiger charge is 2.69. The fraction of sp³-hybridized carbons (Fsp3) is 0.909. The van der Waals surface area contributed by atoms with E-state index in [1.165, 1.54) is 0 Å². The fourth-order valence-electron chi connectivity index (χ4n) is 3.61. The number of hydrogen-bond acceptors (Lipinski definition) is 2. The predicted octanol–water partition coefficient (Wildman–Crippen LogP) is 2.09. The van der Waals surface area contributed by atoms with E-state index < -0.39 is 11.4 Å². The molecule has 0 radical (unpaired) electrons. The molecule has 0 unspecified atom stereocenters. The summed E-state index contributed by atoms with van der Waals surface area (Å²) in [4.78, 5) is 11.5. The van der Waals surface area contributed by atoms with Gasteiger partial charge in [-0.3, -0.25) is 0 Å². The largest absolute Gasteiger partial charge is 0.550 e. The van der Waals surface area contributed by atoms with Crippen LogP contribution in [0, 0.1) is 16.7 Å². The molecule has 0 aromatic carbocycles. The molecule has 2 nitrogen and oxygen atoms in total. The highest BCUT2D eigenvalue weighted by Crippen LogP contribution is 2.71. The van der Waals surface area contributed by atoms with Crippen molar-refractivity contribution in [1.29, 1.82) is 0 Å². The van der Waals surface area contributed by atoms with Crippen molar-refractivity contribution in [2.75, 3.05) is 5.33 Å². The van der Waals surface area contributed by atoms with Gasteiger partial charge in [0.2, 0.25) is 0 Å². The minimum Gasteiger partial charge on any atom is -0.550 e. The predicted molar refractivity (Wildman–Crippen MR) is 64.0 cm³/mol. The molecule has 2 aliphatic carbocycles. The van der Waals surface area contributed by atoms with Crippen LogP contribution in [0.4, 0.5) is 0 Å². The Balaban J connectivity index is 2.54. The van der Waals surface area contributed by atoms with Crippen LogP contribution >= 0.6 is 31.9 Å². The monoisotopic (exact) mass is 337 g/mol. The van der Waals surface area contributed by atoms with Gasteiger partial charge in [-0.2, -0.15) is 0 Å². The molecule has 3 atom stereocenters. The number of alkyl halides is 2. The molecular weight excluding hydrogens is 324 g/mol. The first-order valence-electron chi connectivity index (χ1n) is 5.28. The van der Waals surface area contributed by atoms with Gasteiger partial charge in [0.1, 0.15) is 0 Å². The van der Waals surface area contributed by atoms with Crippen molar-refractivity contribution in [3.05, 3.63) is 0 Å². The first kappa shape index (κ1) is 11.9. The maximum Gasteiger partial charge on any atom is 0.0516 e. The molecule has 0 spiro atoms. The van der Waals surface area contributed by atoms with Gasteiger partial charge in [0.05, 0.1) is 4.32 Å². The molecule has 15 heavy (non-hydrogen) atoms. The van der Waals surface area contributed by atoms with Crippen LogP contribution in [0.2, 0.25) is 0 Å². The van der Waals surface area contributed by atoms with E-state index in [1.807, 2.05) is 0 Å². The third kappa shape index (κ3) is 1.13. The van der Waals surface area contributed by atoms with Crippen LogP contribution in [-0.4, -0.2) is 15.6 Å². The third-order valence-corrected chi connectivity index (χ3v) is 8.54. The first-order valence-corrected chi connectivity index (χ1v) is 7.19. The van der Waals surface area contributed by atoms with Crippen molar-refractivity contribution in [3.63, 3.8) is 0 Å². The van der Waals surface area contributed by atoms with E-state index in [2.05, 4.69) is 45.7 Å². The van der Waals surface area contributed by atoms with E-state index in [9.17, 15) is 9.90 Å². The summed E-state index contributed by atoms with van der Waals surface area (Å²) in [6.07, 6.45) is 2.53. The van der Waals surface area contributed by atoms with Crippen molar-refractivity contribution in [1.82, 2.24) is 0 Å². The van der Waals surface area contributed by atoms with E-state index >= 15 is 0 Å². The maximum atomic E-state index is 11.5. The molecule has 0 amide bonds. The smallest absolute Gasteiger partial charge is 0.0516 e. The molecule has 0 N–H and O–H groups in total. The molecule has 2 rings (SSSR count). The summed E-state index contributed by atoms with van der Waals surface area (Å²) in [7, 11) is 0. The summed E-state index contributed by atoms with van der Waals surface area (Å²) in [5.41, 5.74) is -0.667. The van der Waals surface area contributed by atoms with Crippen LogP contribution in [0.3, 0.4) is 0 Å². The summed E-state index contributed by atoms with van der Waals surface area (Å²) in [5, 5.41) is 12.1. The third-order valence-electron chi connectivity index (χ3n) is 4.89. The molecule has 0 saturated heterocycles. The van der Waals surface area contributed by atoms with Crippen molar-refractivity contribution < 1.29 is 9.90 Å². The van der Waals surface area contributed by atoms with E-state index in [0.717, 1.165) is 19.3 Å². The average Bonchev–Trinajstić information content (AvgIpc) is 2.67.